The zero-order valence-electron chi connectivity index (χ0n) is 10.9. The Bertz CT molecular complexity index is 316. The lowest BCUT2D eigenvalue weighted by molar-refractivity contribution is -0.146. The van der Waals surface area contributed by atoms with Gasteiger partial charge < -0.3 is 19.9 Å². The molecule has 0 bridgehead atoms. The van der Waals surface area contributed by atoms with Crippen molar-refractivity contribution in [3.05, 3.63) is 0 Å². The molecular formula is C12H21N3O3. The van der Waals surface area contributed by atoms with Crippen molar-refractivity contribution < 1.29 is 14.3 Å². The van der Waals surface area contributed by atoms with Crippen LogP contribution >= 0.6 is 0 Å². The third kappa shape index (κ3) is 3.00. The molecule has 1 N–H and O–H groups in total. The molecule has 2 aliphatic rings. The quantitative estimate of drug-likeness (QED) is 0.704. The molecule has 2 amide bonds. The molecule has 2 aliphatic heterocycles. The third-order valence-electron chi connectivity index (χ3n) is 3.55. The van der Waals surface area contributed by atoms with Crippen LogP contribution in [0.5, 0.6) is 0 Å². The fourth-order valence-corrected chi connectivity index (χ4v) is 2.45. The number of hydrogen-bond acceptors (Lipinski definition) is 4. The second kappa shape index (κ2) is 6.15. The van der Waals surface area contributed by atoms with Crippen molar-refractivity contribution in [1.29, 1.82) is 0 Å². The highest BCUT2D eigenvalue weighted by atomic mass is 16.5. The van der Waals surface area contributed by atoms with Gasteiger partial charge in [-0.05, 0) is 19.4 Å². The molecule has 2 fully saturated rings. The molecule has 0 saturated carbocycles. The van der Waals surface area contributed by atoms with Crippen LogP contribution in [0.25, 0.3) is 0 Å². The molecule has 1 atom stereocenters. The molecule has 6 nitrogen and oxygen atoms in total. The number of piperazine rings is 1. The molecule has 0 aromatic rings. The summed E-state index contributed by atoms with van der Waals surface area (Å²) in [6, 6.07) is -0.0803. The van der Waals surface area contributed by atoms with Crippen LogP contribution < -0.4 is 5.32 Å². The van der Waals surface area contributed by atoms with Crippen molar-refractivity contribution in [3.8, 4) is 0 Å². The van der Waals surface area contributed by atoms with E-state index < -0.39 is 0 Å². The van der Waals surface area contributed by atoms with Gasteiger partial charge in [-0.15, -0.1) is 0 Å². The number of carbonyl (C=O) groups excluding carboxylic acids is 2. The first-order chi connectivity index (χ1) is 8.72. The summed E-state index contributed by atoms with van der Waals surface area (Å²) < 4.78 is 4.96. The number of ether oxygens (including phenoxy) is 1. The predicted molar refractivity (Wildman–Crippen MR) is 66.1 cm³/mol. The summed E-state index contributed by atoms with van der Waals surface area (Å²) in [7, 11) is 1.62. The van der Waals surface area contributed by atoms with Crippen molar-refractivity contribution >= 4 is 11.8 Å². The van der Waals surface area contributed by atoms with E-state index in [1.54, 1.807) is 16.9 Å². The smallest absolute Gasteiger partial charge is 0.242 e. The first-order valence-electron chi connectivity index (χ1n) is 6.51. The fourth-order valence-electron chi connectivity index (χ4n) is 2.45. The van der Waals surface area contributed by atoms with E-state index >= 15 is 0 Å². The Morgan fingerprint density at radius 2 is 2.33 bits per heavy atom. The predicted octanol–water partition coefficient (Wildman–Crippen LogP) is -0.944. The lowest BCUT2D eigenvalue weighted by Gasteiger charge is -2.35. The van der Waals surface area contributed by atoms with E-state index in [0.29, 0.717) is 26.2 Å². The number of rotatable bonds is 4. The first-order valence-corrected chi connectivity index (χ1v) is 6.51. The lowest BCUT2D eigenvalue weighted by Crippen LogP contribution is -2.56. The maximum atomic E-state index is 12.1. The van der Waals surface area contributed by atoms with Crippen molar-refractivity contribution in [2.75, 3.05) is 46.4 Å². The number of amides is 2. The van der Waals surface area contributed by atoms with Crippen LogP contribution in [-0.4, -0.2) is 74.1 Å². The van der Waals surface area contributed by atoms with Gasteiger partial charge in [-0.2, -0.15) is 0 Å². The Morgan fingerprint density at radius 1 is 1.50 bits per heavy atom. The first kappa shape index (κ1) is 13.3. The molecule has 102 valence electrons. The van der Waals surface area contributed by atoms with Gasteiger partial charge >= 0.3 is 0 Å². The largest absolute Gasteiger partial charge is 0.383 e. The molecular weight excluding hydrogens is 234 g/mol. The van der Waals surface area contributed by atoms with Crippen molar-refractivity contribution in [1.82, 2.24) is 15.1 Å². The molecule has 2 heterocycles. The van der Waals surface area contributed by atoms with Crippen LogP contribution in [0.4, 0.5) is 0 Å². The summed E-state index contributed by atoms with van der Waals surface area (Å²) in [6.07, 6.45) is 1.93. The van der Waals surface area contributed by atoms with Crippen molar-refractivity contribution in [2.45, 2.75) is 18.9 Å². The van der Waals surface area contributed by atoms with Gasteiger partial charge in [0, 0.05) is 26.7 Å². The van der Waals surface area contributed by atoms with Crippen LogP contribution in [0.1, 0.15) is 12.8 Å². The zero-order chi connectivity index (χ0) is 13.0. The lowest BCUT2D eigenvalue weighted by atomic mass is 10.2. The van der Waals surface area contributed by atoms with Crippen LogP contribution in [0.2, 0.25) is 0 Å². The molecule has 0 spiro atoms. The highest BCUT2D eigenvalue weighted by Gasteiger charge is 2.32. The average Bonchev–Trinajstić information content (AvgIpc) is 2.90. The minimum Gasteiger partial charge on any atom is -0.383 e. The monoisotopic (exact) mass is 255 g/mol. The Balaban J connectivity index is 1.83. The van der Waals surface area contributed by atoms with Gasteiger partial charge in [-0.1, -0.05) is 0 Å². The third-order valence-corrected chi connectivity index (χ3v) is 3.55. The van der Waals surface area contributed by atoms with Gasteiger partial charge in [0.25, 0.3) is 0 Å². The minimum absolute atomic E-state index is 0.0182. The van der Waals surface area contributed by atoms with Crippen molar-refractivity contribution in [3.63, 3.8) is 0 Å². The highest BCUT2D eigenvalue weighted by Crippen LogP contribution is 2.11. The maximum Gasteiger partial charge on any atom is 0.242 e. The number of carbonyl (C=O) groups is 2. The van der Waals surface area contributed by atoms with E-state index in [-0.39, 0.29) is 24.4 Å². The van der Waals surface area contributed by atoms with Gasteiger partial charge in [-0.25, -0.2) is 0 Å². The second-order valence-corrected chi connectivity index (χ2v) is 4.78. The molecule has 0 radical (unpaired) electrons. The Labute approximate surface area is 107 Å². The SMILES string of the molecule is COCCN1CCN(C(=O)C2CCCN2)CC1=O. The Hall–Kier alpha value is -1.14. The van der Waals surface area contributed by atoms with E-state index in [4.69, 9.17) is 4.74 Å². The normalized spacial score (nSPS) is 24.7. The molecule has 0 aromatic carbocycles. The number of nitrogens with zero attached hydrogens (tertiary/aromatic N) is 2. The van der Waals surface area contributed by atoms with E-state index in [1.165, 1.54) is 0 Å². The zero-order valence-corrected chi connectivity index (χ0v) is 10.9. The van der Waals surface area contributed by atoms with Crippen LogP contribution in [-0.2, 0) is 14.3 Å². The summed E-state index contributed by atoms with van der Waals surface area (Å²) in [5, 5.41) is 3.18. The van der Waals surface area contributed by atoms with E-state index in [2.05, 4.69) is 5.32 Å². The van der Waals surface area contributed by atoms with Crippen molar-refractivity contribution in [2.24, 2.45) is 0 Å². The maximum absolute atomic E-state index is 12.1. The summed E-state index contributed by atoms with van der Waals surface area (Å²) in [5.74, 6) is 0.0943. The molecule has 6 heteroatoms. The standard InChI is InChI=1S/C12H21N3O3/c1-18-8-7-14-5-6-15(9-11(14)16)12(17)10-3-2-4-13-10/h10,13H,2-9H2,1H3. The average molecular weight is 255 g/mol. The molecule has 2 saturated heterocycles. The van der Waals surface area contributed by atoms with Crippen LogP contribution in [0.15, 0.2) is 0 Å². The fraction of sp³-hybridized carbons (Fsp3) is 0.833. The van der Waals surface area contributed by atoms with Gasteiger partial charge in [0.1, 0.15) is 0 Å². The van der Waals surface area contributed by atoms with Gasteiger partial charge in [0.05, 0.1) is 19.2 Å². The van der Waals surface area contributed by atoms with E-state index in [9.17, 15) is 9.59 Å². The summed E-state index contributed by atoms with van der Waals surface area (Å²) in [4.78, 5) is 27.5. The molecule has 18 heavy (non-hydrogen) atoms. The van der Waals surface area contributed by atoms with Gasteiger partial charge in [0.2, 0.25) is 11.8 Å². The number of methoxy groups -OCH3 is 1. The number of nitrogens with one attached hydrogen (secondary N) is 1. The number of hydrogen-bond donors (Lipinski definition) is 1. The van der Waals surface area contributed by atoms with Crippen LogP contribution in [0.3, 0.4) is 0 Å². The van der Waals surface area contributed by atoms with Crippen LogP contribution in [0, 0.1) is 0 Å². The molecule has 2 rings (SSSR count). The molecule has 0 aliphatic carbocycles. The summed E-state index contributed by atoms with van der Waals surface area (Å²) in [5.41, 5.74) is 0. The molecule has 1 unspecified atom stereocenters. The van der Waals surface area contributed by atoms with Gasteiger partial charge in [-0.3, -0.25) is 9.59 Å². The Kier molecular flexibility index (Phi) is 4.54. The second-order valence-electron chi connectivity index (χ2n) is 4.78. The van der Waals surface area contributed by atoms with E-state index in [1.807, 2.05) is 0 Å². The summed E-state index contributed by atoms with van der Waals surface area (Å²) >= 11 is 0. The Morgan fingerprint density at radius 3 is 2.94 bits per heavy atom. The van der Waals surface area contributed by atoms with Gasteiger partial charge in [0.15, 0.2) is 0 Å². The topological polar surface area (TPSA) is 61.9 Å². The van der Waals surface area contributed by atoms with E-state index in [0.717, 1.165) is 19.4 Å². The molecule has 0 aromatic heterocycles. The summed E-state index contributed by atoms with van der Waals surface area (Å²) in [6.45, 7) is 3.51. The highest BCUT2D eigenvalue weighted by molar-refractivity contribution is 5.88. The minimum atomic E-state index is -0.0803.